The van der Waals surface area contributed by atoms with Gasteiger partial charge in [-0.15, -0.1) is 0 Å². The number of aromatic nitrogens is 4. The van der Waals surface area contributed by atoms with E-state index >= 15 is 0 Å². The van der Waals surface area contributed by atoms with Gasteiger partial charge in [-0.2, -0.15) is 5.10 Å². The summed E-state index contributed by atoms with van der Waals surface area (Å²) in [6.45, 7) is 1.20. The van der Waals surface area contributed by atoms with Crippen molar-refractivity contribution in [3.63, 3.8) is 0 Å². The van der Waals surface area contributed by atoms with Gasteiger partial charge in [0.15, 0.2) is 5.69 Å². The van der Waals surface area contributed by atoms with E-state index in [4.69, 9.17) is 9.47 Å². The van der Waals surface area contributed by atoms with Gasteiger partial charge in [-0.3, -0.25) is 4.79 Å². The Morgan fingerprint density at radius 2 is 2.28 bits per heavy atom. The number of methoxy groups -OCH3 is 2. The fourth-order valence-corrected chi connectivity index (χ4v) is 3.03. The lowest BCUT2D eigenvalue weighted by atomic mass is 10.2. The van der Waals surface area contributed by atoms with E-state index in [1.54, 1.807) is 33.5 Å². The lowest BCUT2D eigenvalue weighted by molar-refractivity contribution is 0.0940. The lowest BCUT2D eigenvalue weighted by Gasteiger charge is -2.25. The molecule has 0 aliphatic carbocycles. The van der Waals surface area contributed by atoms with Gasteiger partial charge in [0, 0.05) is 39.5 Å². The number of ether oxygens (including phenoxy) is 2. The van der Waals surface area contributed by atoms with Crippen LogP contribution in [0.2, 0.25) is 0 Å². The molecule has 0 bridgehead atoms. The van der Waals surface area contributed by atoms with Crippen molar-refractivity contribution in [2.24, 2.45) is 7.05 Å². The minimum absolute atomic E-state index is 0.0920. The fraction of sp³-hybridized carbons (Fsp3) is 0.500. The summed E-state index contributed by atoms with van der Waals surface area (Å²) in [4.78, 5) is 22.8. The number of carbonyl (C=O) groups excluding carboxylic acids is 1. The van der Waals surface area contributed by atoms with Gasteiger partial charge < -0.3 is 19.7 Å². The Balaban J connectivity index is 1.66. The number of anilines is 1. The van der Waals surface area contributed by atoms with E-state index < -0.39 is 0 Å². The van der Waals surface area contributed by atoms with E-state index in [0.717, 1.165) is 18.8 Å². The molecule has 1 N–H and O–H groups in total. The van der Waals surface area contributed by atoms with Crippen LogP contribution in [-0.4, -0.2) is 65.1 Å². The van der Waals surface area contributed by atoms with Crippen LogP contribution in [0.25, 0.3) is 0 Å². The van der Waals surface area contributed by atoms with E-state index in [2.05, 4.69) is 25.3 Å². The highest BCUT2D eigenvalue weighted by Crippen LogP contribution is 2.24. The molecule has 9 nitrogen and oxygen atoms in total. The third-order valence-electron chi connectivity index (χ3n) is 4.35. The van der Waals surface area contributed by atoms with E-state index in [0.29, 0.717) is 18.1 Å². The molecule has 1 saturated heterocycles. The van der Waals surface area contributed by atoms with Crippen molar-refractivity contribution in [3.05, 3.63) is 30.4 Å². The highest BCUT2D eigenvalue weighted by atomic mass is 16.5. The van der Waals surface area contributed by atoms with Crippen LogP contribution < -0.4 is 15.0 Å². The molecular weight excluding hydrogens is 324 g/mol. The first-order chi connectivity index (χ1) is 12.1. The molecule has 1 amide bonds. The van der Waals surface area contributed by atoms with E-state index in [-0.39, 0.29) is 18.1 Å². The molecule has 0 unspecified atom stereocenters. The second-order valence-electron chi connectivity index (χ2n) is 5.87. The van der Waals surface area contributed by atoms with Gasteiger partial charge in [-0.1, -0.05) is 0 Å². The Kier molecular flexibility index (Phi) is 5.13. The molecule has 25 heavy (non-hydrogen) atoms. The van der Waals surface area contributed by atoms with Crippen molar-refractivity contribution < 1.29 is 14.3 Å². The van der Waals surface area contributed by atoms with Crippen molar-refractivity contribution in [2.75, 3.05) is 32.2 Å². The second-order valence-corrected chi connectivity index (χ2v) is 5.87. The summed E-state index contributed by atoms with van der Waals surface area (Å²) in [6.07, 6.45) is 4.14. The largest absolute Gasteiger partial charge is 0.481 e. The molecule has 1 aliphatic rings. The standard InChI is InChI=1S/C16H22N6O3/c1-21-15(25-3)7-13(20-21)16(23)18-8-11-6-12(24-2)9-22(11)14-4-5-17-10-19-14/h4-5,7,10-12H,6,8-9H2,1-3H3,(H,18,23)/t11-,12-/m1/s1. The molecule has 0 saturated carbocycles. The third-order valence-corrected chi connectivity index (χ3v) is 4.35. The van der Waals surface area contributed by atoms with Gasteiger partial charge in [0.05, 0.1) is 19.3 Å². The maximum atomic E-state index is 12.4. The number of amides is 1. The Hall–Kier alpha value is -2.68. The van der Waals surface area contributed by atoms with Crippen LogP contribution in [0.3, 0.4) is 0 Å². The van der Waals surface area contributed by atoms with E-state index in [1.165, 1.54) is 11.0 Å². The molecule has 134 valence electrons. The SMILES string of the molecule is COc1cc(C(=O)NC[C@H]2C[C@@H](OC)CN2c2ccncn2)nn1C. The monoisotopic (exact) mass is 346 g/mol. The minimum atomic E-state index is -0.234. The summed E-state index contributed by atoms with van der Waals surface area (Å²) >= 11 is 0. The Morgan fingerprint density at radius 1 is 1.44 bits per heavy atom. The van der Waals surface area contributed by atoms with Crippen LogP contribution in [-0.2, 0) is 11.8 Å². The minimum Gasteiger partial charge on any atom is -0.481 e. The average Bonchev–Trinajstić information content (AvgIpc) is 3.23. The van der Waals surface area contributed by atoms with Gasteiger partial charge in [-0.25, -0.2) is 14.6 Å². The molecule has 0 radical (unpaired) electrons. The summed E-state index contributed by atoms with van der Waals surface area (Å²) in [5.74, 6) is 1.13. The van der Waals surface area contributed by atoms with Crippen molar-refractivity contribution >= 4 is 11.7 Å². The summed E-state index contributed by atoms with van der Waals surface area (Å²) in [7, 11) is 4.97. The summed E-state index contributed by atoms with van der Waals surface area (Å²) in [5.41, 5.74) is 0.328. The lowest BCUT2D eigenvalue weighted by Crippen LogP contribution is -2.40. The van der Waals surface area contributed by atoms with Crippen LogP contribution in [0.4, 0.5) is 5.82 Å². The quantitative estimate of drug-likeness (QED) is 0.801. The third kappa shape index (κ3) is 3.71. The number of rotatable bonds is 6. The van der Waals surface area contributed by atoms with Crippen LogP contribution in [0.15, 0.2) is 24.7 Å². The fourth-order valence-electron chi connectivity index (χ4n) is 3.03. The van der Waals surface area contributed by atoms with Gasteiger partial charge in [0.25, 0.3) is 5.91 Å². The summed E-state index contributed by atoms with van der Waals surface area (Å²) in [5, 5.41) is 7.09. The van der Waals surface area contributed by atoms with Crippen LogP contribution in [0, 0.1) is 0 Å². The highest BCUT2D eigenvalue weighted by Gasteiger charge is 2.33. The van der Waals surface area contributed by atoms with Crippen molar-refractivity contribution in [2.45, 2.75) is 18.6 Å². The van der Waals surface area contributed by atoms with Gasteiger partial charge >= 0.3 is 0 Å². The molecular formula is C16H22N6O3. The molecule has 3 heterocycles. The number of hydrogen-bond donors (Lipinski definition) is 1. The maximum Gasteiger partial charge on any atom is 0.272 e. The Morgan fingerprint density at radius 3 is 2.92 bits per heavy atom. The molecule has 9 heteroatoms. The van der Waals surface area contributed by atoms with Crippen molar-refractivity contribution in [3.8, 4) is 5.88 Å². The first-order valence-electron chi connectivity index (χ1n) is 8.04. The zero-order valence-corrected chi connectivity index (χ0v) is 14.5. The van der Waals surface area contributed by atoms with Crippen LogP contribution in [0.5, 0.6) is 5.88 Å². The highest BCUT2D eigenvalue weighted by molar-refractivity contribution is 5.92. The zero-order chi connectivity index (χ0) is 17.8. The molecule has 0 spiro atoms. The van der Waals surface area contributed by atoms with Gasteiger partial charge in [0.2, 0.25) is 5.88 Å². The van der Waals surface area contributed by atoms with E-state index in [1.807, 2.05) is 6.07 Å². The molecule has 0 aromatic carbocycles. The van der Waals surface area contributed by atoms with Crippen LogP contribution >= 0.6 is 0 Å². The number of nitrogens with one attached hydrogen (secondary N) is 1. The second kappa shape index (κ2) is 7.47. The molecule has 2 aromatic heterocycles. The van der Waals surface area contributed by atoms with Crippen molar-refractivity contribution in [1.82, 2.24) is 25.1 Å². The van der Waals surface area contributed by atoms with Gasteiger partial charge in [-0.05, 0) is 12.5 Å². The van der Waals surface area contributed by atoms with Crippen molar-refractivity contribution in [1.29, 1.82) is 0 Å². The number of aryl methyl sites for hydroxylation is 1. The molecule has 1 aliphatic heterocycles. The molecule has 3 rings (SSSR count). The summed E-state index contributed by atoms with van der Waals surface area (Å²) in [6, 6.07) is 3.56. The zero-order valence-electron chi connectivity index (χ0n) is 14.5. The average molecular weight is 346 g/mol. The molecule has 1 fully saturated rings. The first kappa shape index (κ1) is 17.2. The molecule has 2 aromatic rings. The van der Waals surface area contributed by atoms with Crippen LogP contribution in [0.1, 0.15) is 16.9 Å². The topological polar surface area (TPSA) is 94.4 Å². The predicted molar refractivity (Wildman–Crippen MR) is 90.7 cm³/mol. The first-order valence-corrected chi connectivity index (χ1v) is 8.04. The number of carbonyl (C=O) groups is 1. The maximum absolute atomic E-state index is 12.4. The normalized spacial score (nSPS) is 19.9. The van der Waals surface area contributed by atoms with E-state index in [9.17, 15) is 4.79 Å². The predicted octanol–water partition coefficient (Wildman–Crippen LogP) is 0.242. The van der Waals surface area contributed by atoms with Gasteiger partial charge in [0.1, 0.15) is 12.1 Å². The number of hydrogen-bond acceptors (Lipinski definition) is 7. The smallest absolute Gasteiger partial charge is 0.272 e. The number of nitrogens with zero attached hydrogens (tertiary/aromatic N) is 5. The summed E-state index contributed by atoms with van der Waals surface area (Å²) < 4.78 is 12.2. The molecule has 2 atom stereocenters. The Bertz CT molecular complexity index is 720. The Labute approximate surface area is 146 Å².